The number of carbonyl (C=O) groups excluding carboxylic acids is 1. The predicted molar refractivity (Wildman–Crippen MR) is 114 cm³/mol. The number of nitrogens with zero attached hydrogens (tertiary/aromatic N) is 3. The highest BCUT2D eigenvalue weighted by Crippen LogP contribution is 2.44. The van der Waals surface area contributed by atoms with Gasteiger partial charge in [0.2, 0.25) is 0 Å². The molecule has 4 rings (SSSR count). The van der Waals surface area contributed by atoms with Gasteiger partial charge in [-0.2, -0.15) is 5.10 Å². The number of ether oxygens (including phenoxy) is 1. The number of anilines is 1. The smallest absolute Gasteiger partial charge is 0.277 e. The van der Waals surface area contributed by atoms with Gasteiger partial charge in [-0.3, -0.25) is 14.4 Å². The number of aryl methyl sites for hydroxylation is 1. The summed E-state index contributed by atoms with van der Waals surface area (Å²) < 4.78 is 20.7. The van der Waals surface area contributed by atoms with Gasteiger partial charge in [0.25, 0.3) is 5.91 Å². The summed E-state index contributed by atoms with van der Waals surface area (Å²) in [5.41, 5.74) is 4.11. The molecule has 0 fully saturated rings. The van der Waals surface area contributed by atoms with E-state index in [4.69, 9.17) is 9.84 Å². The summed E-state index contributed by atoms with van der Waals surface area (Å²) in [6.45, 7) is 6.88. The summed E-state index contributed by atoms with van der Waals surface area (Å²) in [5, 5.41) is 4.76. The molecule has 1 aliphatic rings. The number of hydrogen-bond donors (Lipinski definition) is 0. The molecule has 1 unspecified atom stereocenters. The number of benzene rings is 2. The van der Waals surface area contributed by atoms with E-state index in [1.807, 2.05) is 31.2 Å². The fraction of sp³-hybridized carbons (Fsp3) is 0.333. The molecule has 1 aliphatic heterocycles. The maximum atomic E-state index is 13.6. The largest absolute Gasteiger partial charge is 0.497 e. The van der Waals surface area contributed by atoms with E-state index in [0.29, 0.717) is 18.2 Å². The van der Waals surface area contributed by atoms with Crippen LogP contribution in [0.5, 0.6) is 5.75 Å². The number of aromatic nitrogens is 2. The van der Waals surface area contributed by atoms with Crippen LogP contribution in [0.2, 0.25) is 0 Å². The van der Waals surface area contributed by atoms with E-state index in [0.717, 1.165) is 34.7 Å². The molecule has 0 radical (unpaired) electrons. The highest BCUT2D eigenvalue weighted by atomic mass is 19.1. The first-order valence-electron chi connectivity index (χ1n) is 10.3. The number of carbonyl (C=O) groups is 1. The standard InChI is InChI=1S/C24H26FN3O2/c1-5-27-23-21(20(26-27)14-15(2)3)22(16-6-8-17(25)9-7-16)28(24(23)29)18-10-12-19(30-4)13-11-18/h6-13,15,22H,5,14H2,1-4H3. The zero-order valence-electron chi connectivity index (χ0n) is 17.7. The first-order chi connectivity index (χ1) is 14.4. The summed E-state index contributed by atoms with van der Waals surface area (Å²) in [6.07, 6.45) is 0.775. The second kappa shape index (κ2) is 7.94. The SMILES string of the molecule is CCn1nc(CC(C)C)c2c1C(=O)N(c1ccc(OC)cc1)C2c1ccc(F)cc1. The van der Waals surface area contributed by atoms with E-state index in [9.17, 15) is 9.18 Å². The van der Waals surface area contributed by atoms with Gasteiger partial charge in [0, 0.05) is 17.8 Å². The second-order valence-corrected chi connectivity index (χ2v) is 7.95. The minimum absolute atomic E-state index is 0.0890. The van der Waals surface area contributed by atoms with Crippen LogP contribution in [0.3, 0.4) is 0 Å². The van der Waals surface area contributed by atoms with Gasteiger partial charge in [0.1, 0.15) is 17.3 Å². The maximum Gasteiger partial charge on any atom is 0.277 e. The first-order valence-corrected chi connectivity index (χ1v) is 10.3. The Kier molecular flexibility index (Phi) is 5.33. The molecule has 0 saturated heterocycles. The molecule has 3 aromatic rings. The van der Waals surface area contributed by atoms with Crippen molar-refractivity contribution < 1.29 is 13.9 Å². The van der Waals surface area contributed by atoms with Crippen molar-refractivity contribution in [2.24, 2.45) is 5.92 Å². The van der Waals surface area contributed by atoms with Crippen LogP contribution < -0.4 is 9.64 Å². The normalized spacial score (nSPS) is 15.7. The van der Waals surface area contributed by atoms with E-state index < -0.39 is 0 Å². The zero-order chi connectivity index (χ0) is 21.4. The van der Waals surface area contributed by atoms with Crippen LogP contribution in [0.25, 0.3) is 0 Å². The van der Waals surface area contributed by atoms with Crippen molar-refractivity contribution in [3.05, 3.63) is 76.9 Å². The zero-order valence-corrected chi connectivity index (χ0v) is 17.7. The minimum atomic E-state index is -0.351. The summed E-state index contributed by atoms with van der Waals surface area (Å²) in [6, 6.07) is 13.5. The third-order valence-electron chi connectivity index (χ3n) is 5.46. The van der Waals surface area contributed by atoms with Crippen molar-refractivity contribution in [1.29, 1.82) is 0 Å². The monoisotopic (exact) mass is 407 g/mol. The molecule has 0 saturated carbocycles. The van der Waals surface area contributed by atoms with Gasteiger partial charge in [0.05, 0.1) is 18.8 Å². The van der Waals surface area contributed by atoms with Gasteiger partial charge in [0.15, 0.2) is 0 Å². The Bertz CT molecular complexity index is 1060. The Hall–Kier alpha value is -3.15. The van der Waals surface area contributed by atoms with Crippen LogP contribution in [-0.4, -0.2) is 22.8 Å². The maximum absolute atomic E-state index is 13.6. The highest BCUT2D eigenvalue weighted by molar-refractivity contribution is 6.11. The average molecular weight is 407 g/mol. The van der Waals surface area contributed by atoms with Gasteiger partial charge < -0.3 is 4.74 Å². The van der Waals surface area contributed by atoms with E-state index in [-0.39, 0.29) is 17.8 Å². The molecule has 1 aromatic heterocycles. The van der Waals surface area contributed by atoms with Gasteiger partial charge in [-0.1, -0.05) is 26.0 Å². The van der Waals surface area contributed by atoms with Crippen molar-refractivity contribution in [1.82, 2.24) is 9.78 Å². The molecule has 0 N–H and O–H groups in total. The van der Waals surface area contributed by atoms with Crippen LogP contribution in [0.15, 0.2) is 48.5 Å². The van der Waals surface area contributed by atoms with Crippen molar-refractivity contribution in [3.8, 4) is 5.75 Å². The van der Waals surface area contributed by atoms with Gasteiger partial charge in [-0.25, -0.2) is 4.39 Å². The summed E-state index contributed by atoms with van der Waals surface area (Å²) in [4.78, 5) is 15.4. The Morgan fingerprint density at radius 1 is 1.10 bits per heavy atom. The van der Waals surface area contributed by atoms with E-state index in [2.05, 4.69) is 13.8 Å². The third-order valence-corrected chi connectivity index (χ3v) is 5.46. The molecule has 156 valence electrons. The number of halogens is 1. The number of amides is 1. The molecular formula is C24H26FN3O2. The second-order valence-electron chi connectivity index (χ2n) is 7.95. The van der Waals surface area contributed by atoms with E-state index >= 15 is 0 Å². The summed E-state index contributed by atoms with van der Waals surface area (Å²) in [7, 11) is 1.61. The molecule has 0 spiro atoms. The summed E-state index contributed by atoms with van der Waals surface area (Å²) >= 11 is 0. The van der Waals surface area contributed by atoms with Crippen LogP contribution in [0, 0.1) is 11.7 Å². The van der Waals surface area contributed by atoms with E-state index in [1.54, 1.807) is 28.8 Å². The lowest BCUT2D eigenvalue weighted by atomic mass is 9.95. The van der Waals surface area contributed by atoms with Crippen molar-refractivity contribution in [3.63, 3.8) is 0 Å². The number of hydrogen-bond acceptors (Lipinski definition) is 3. The lowest BCUT2D eigenvalue weighted by Gasteiger charge is -2.27. The number of methoxy groups -OCH3 is 1. The fourth-order valence-corrected chi connectivity index (χ4v) is 4.13. The van der Waals surface area contributed by atoms with E-state index in [1.165, 1.54) is 12.1 Å². The molecule has 6 heteroatoms. The highest BCUT2D eigenvalue weighted by Gasteiger charge is 2.44. The van der Waals surface area contributed by atoms with Crippen LogP contribution >= 0.6 is 0 Å². The molecular weight excluding hydrogens is 381 g/mol. The lowest BCUT2D eigenvalue weighted by Crippen LogP contribution is -2.30. The fourth-order valence-electron chi connectivity index (χ4n) is 4.13. The minimum Gasteiger partial charge on any atom is -0.497 e. The van der Waals surface area contributed by atoms with Gasteiger partial charge >= 0.3 is 0 Å². The average Bonchev–Trinajstić information content (AvgIpc) is 3.24. The molecule has 2 aromatic carbocycles. The molecule has 1 atom stereocenters. The predicted octanol–water partition coefficient (Wildman–Crippen LogP) is 5.00. The molecule has 30 heavy (non-hydrogen) atoms. The van der Waals surface area contributed by atoms with Gasteiger partial charge in [-0.15, -0.1) is 0 Å². The molecule has 5 nitrogen and oxygen atoms in total. The van der Waals surface area contributed by atoms with Crippen molar-refractivity contribution in [2.75, 3.05) is 12.0 Å². The quantitative estimate of drug-likeness (QED) is 0.578. The Labute approximate surface area is 176 Å². The number of rotatable bonds is 6. The molecule has 0 bridgehead atoms. The lowest BCUT2D eigenvalue weighted by molar-refractivity contribution is 0.0983. The molecule has 0 aliphatic carbocycles. The van der Waals surface area contributed by atoms with Gasteiger partial charge in [-0.05, 0) is 61.2 Å². The third kappa shape index (κ3) is 3.36. The summed E-state index contributed by atoms with van der Waals surface area (Å²) in [5.74, 6) is 0.731. The Morgan fingerprint density at radius 2 is 1.77 bits per heavy atom. The van der Waals surface area contributed by atoms with Crippen LogP contribution in [0.4, 0.5) is 10.1 Å². The van der Waals surface area contributed by atoms with Crippen LogP contribution in [0.1, 0.15) is 54.1 Å². The van der Waals surface area contributed by atoms with Crippen molar-refractivity contribution in [2.45, 2.75) is 39.8 Å². The van der Waals surface area contributed by atoms with Crippen LogP contribution in [-0.2, 0) is 13.0 Å². The molecule has 2 heterocycles. The Balaban J connectivity index is 1.91. The molecule has 1 amide bonds. The first kappa shape index (κ1) is 20.1. The Morgan fingerprint density at radius 3 is 2.33 bits per heavy atom. The number of fused-ring (bicyclic) bond motifs is 1. The van der Waals surface area contributed by atoms with Crippen molar-refractivity contribution >= 4 is 11.6 Å². The topological polar surface area (TPSA) is 47.4 Å².